The van der Waals surface area contributed by atoms with Crippen LogP contribution in [0.4, 0.5) is 0 Å². The van der Waals surface area contributed by atoms with Gasteiger partial charge in [-0.25, -0.2) is 13.1 Å². The van der Waals surface area contributed by atoms with E-state index in [2.05, 4.69) is 14.9 Å². The van der Waals surface area contributed by atoms with Crippen LogP contribution in [-0.4, -0.2) is 42.5 Å². The molecule has 0 saturated carbocycles. The van der Waals surface area contributed by atoms with Crippen molar-refractivity contribution < 1.29 is 17.7 Å². The Kier molecular flexibility index (Phi) is 4.63. The Morgan fingerprint density at radius 1 is 1.19 bits per heavy atom. The number of benzene rings is 1. The highest BCUT2D eigenvalue weighted by molar-refractivity contribution is 7.89. The summed E-state index contributed by atoms with van der Waals surface area (Å²) in [5.74, 6) is -0.234. The fraction of sp³-hybridized carbons (Fsp3) is 0.278. The molecule has 8 nitrogen and oxygen atoms in total. The summed E-state index contributed by atoms with van der Waals surface area (Å²) < 4.78 is 33.0. The van der Waals surface area contributed by atoms with Crippen LogP contribution in [-0.2, 0) is 16.6 Å². The van der Waals surface area contributed by atoms with Crippen molar-refractivity contribution in [3.8, 4) is 0 Å². The number of nitrogens with one attached hydrogen (secondary N) is 1. The number of rotatable bonds is 5. The third kappa shape index (κ3) is 3.56. The first-order valence-electron chi connectivity index (χ1n) is 8.63. The molecule has 0 radical (unpaired) electrons. The summed E-state index contributed by atoms with van der Waals surface area (Å²) in [5, 5.41) is 4.26. The lowest BCUT2D eigenvalue weighted by molar-refractivity contribution is 0.0784. The zero-order valence-electron chi connectivity index (χ0n) is 14.5. The minimum absolute atomic E-state index is 0.0459. The van der Waals surface area contributed by atoms with Gasteiger partial charge in [-0.1, -0.05) is 11.2 Å². The van der Waals surface area contributed by atoms with Crippen LogP contribution in [0.3, 0.4) is 0 Å². The number of nitrogens with zero attached hydrogens (tertiary/aromatic N) is 3. The van der Waals surface area contributed by atoms with E-state index in [9.17, 15) is 13.2 Å². The first kappa shape index (κ1) is 17.6. The molecule has 3 heterocycles. The quantitative estimate of drug-likeness (QED) is 0.718. The maximum absolute atomic E-state index is 12.6. The fourth-order valence-corrected chi connectivity index (χ4v) is 4.09. The standard InChI is InChI=1S/C18H18N4O4S/c23-18(22-9-3-4-10-22)17-15-11-14(6-7-16(15)26-21-17)27(24,25)20-12-13-5-1-2-8-19-13/h1-2,5-8,11,20H,3-4,9-10,12H2. The van der Waals surface area contributed by atoms with Crippen LogP contribution in [0.5, 0.6) is 0 Å². The predicted octanol–water partition coefficient (Wildman–Crippen LogP) is 1.94. The molecule has 1 aliphatic heterocycles. The molecule has 0 unspecified atom stereocenters. The van der Waals surface area contributed by atoms with Gasteiger partial charge in [-0.05, 0) is 43.2 Å². The molecular formula is C18H18N4O4S. The maximum atomic E-state index is 12.6. The minimum atomic E-state index is -3.77. The lowest BCUT2D eigenvalue weighted by Gasteiger charge is -2.13. The molecule has 9 heteroatoms. The van der Waals surface area contributed by atoms with Gasteiger partial charge >= 0.3 is 0 Å². The summed E-state index contributed by atoms with van der Waals surface area (Å²) in [6, 6.07) is 9.65. The normalized spacial score (nSPS) is 14.7. The second-order valence-corrected chi connectivity index (χ2v) is 8.10. The summed E-state index contributed by atoms with van der Waals surface area (Å²) in [4.78, 5) is 18.5. The molecule has 4 rings (SSSR count). The van der Waals surface area contributed by atoms with Gasteiger partial charge in [-0.2, -0.15) is 0 Å². The largest absolute Gasteiger partial charge is 0.355 e. The summed E-state index contributed by atoms with van der Waals surface area (Å²) in [5.41, 5.74) is 1.13. The molecule has 2 aromatic heterocycles. The van der Waals surface area contributed by atoms with Crippen molar-refractivity contribution in [2.24, 2.45) is 0 Å². The van der Waals surface area contributed by atoms with Crippen LogP contribution in [0.15, 0.2) is 52.0 Å². The molecule has 3 aromatic rings. The topological polar surface area (TPSA) is 105 Å². The molecule has 140 valence electrons. The fourth-order valence-electron chi connectivity index (χ4n) is 3.06. The number of carbonyl (C=O) groups is 1. The predicted molar refractivity (Wildman–Crippen MR) is 97.4 cm³/mol. The number of pyridine rings is 1. The average Bonchev–Trinajstić information content (AvgIpc) is 3.36. The van der Waals surface area contributed by atoms with Gasteiger partial charge in [-0.3, -0.25) is 9.78 Å². The van der Waals surface area contributed by atoms with Gasteiger partial charge in [0.25, 0.3) is 5.91 Å². The van der Waals surface area contributed by atoms with E-state index in [4.69, 9.17) is 4.52 Å². The molecule has 1 fully saturated rings. The molecule has 0 bridgehead atoms. The van der Waals surface area contributed by atoms with Gasteiger partial charge in [-0.15, -0.1) is 0 Å². The van der Waals surface area contributed by atoms with Crippen LogP contribution in [0.1, 0.15) is 29.0 Å². The molecule has 0 aliphatic carbocycles. The molecule has 0 atom stereocenters. The van der Waals surface area contributed by atoms with E-state index < -0.39 is 10.0 Å². The highest BCUT2D eigenvalue weighted by Crippen LogP contribution is 2.24. The molecule has 1 aliphatic rings. The van der Waals surface area contributed by atoms with Crippen LogP contribution < -0.4 is 4.72 Å². The number of fused-ring (bicyclic) bond motifs is 1. The van der Waals surface area contributed by atoms with Gasteiger partial charge in [0.1, 0.15) is 0 Å². The zero-order valence-corrected chi connectivity index (χ0v) is 15.3. The number of aromatic nitrogens is 2. The van der Waals surface area contributed by atoms with Crippen molar-refractivity contribution in [1.29, 1.82) is 0 Å². The van der Waals surface area contributed by atoms with E-state index in [1.807, 2.05) is 0 Å². The number of likely N-dealkylation sites (tertiary alicyclic amines) is 1. The van der Waals surface area contributed by atoms with Crippen molar-refractivity contribution in [2.45, 2.75) is 24.3 Å². The van der Waals surface area contributed by atoms with E-state index in [-0.39, 0.29) is 23.0 Å². The monoisotopic (exact) mass is 386 g/mol. The molecule has 1 N–H and O–H groups in total. The molecule has 1 aromatic carbocycles. The van der Waals surface area contributed by atoms with Crippen molar-refractivity contribution in [3.63, 3.8) is 0 Å². The number of hydrogen-bond acceptors (Lipinski definition) is 6. The van der Waals surface area contributed by atoms with E-state index >= 15 is 0 Å². The Balaban J connectivity index is 1.62. The van der Waals surface area contributed by atoms with Crippen LogP contribution in [0.2, 0.25) is 0 Å². The lowest BCUT2D eigenvalue weighted by Crippen LogP contribution is -2.28. The third-order valence-electron chi connectivity index (χ3n) is 4.52. The Labute approximate surface area is 156 Å². The summed E-state index contributed by atoms with van der Waals surface area (Å²) >= 11 is 0. The summed E-state index contributed by atoms with van der Waals surface area (Å²) in [7, 11) is -3.77. The van der Waals surface area contributed by atoms with E-state index in [0.29, 0.717) is 29.8 Å². The SMILES string of the molecule is O=C(c1noc2ccc(S(=O)(=O)NCc3ccccn3)cc12)N1CCCC1. The lowest BCUT2D eigenvalue weighted by atomic mass is 10.2. The Bertz CT molecular complexity index is 1070. The highest BCUT2D eigenvalue weighted by Gasteiger charge is 2.26. The molecular weight excluding hydrogens is 368 g/mol. The highest BCUT2D eigenvalue weighted by atomic mass is 32.2. The van der Waals surface area contributed by atoms with Gasteiger partial charge in [0.05, 0.1) is 22.5 Å². The van der Waals surface area contributed by atoms with Gasteiger partial charge < -0.3 is 9.42 Å². The first-order chi connectivity index (χ1) is 13.0. The van der Waals surface area contributed by atoms with Crippen molar-refractivity contribution >= 4 is 26.9 Å². The number of sulfonamides is 1. The Hall–Kier alpha value is -2.78. The number of carbonyl (C=O) groups excluding carboxylic acids is 1. The van der Waals surface area contributed by atoms with Crippen molar-refractivity contribution in [2.75, 3.05) is 13.1 Å². The number of hydrogen-bond donors (Lipinski definition) is 1. The summed E-state index contributed by atoms with van der Waals surface area (Å²) in [6.07, 6.45) is 3.51. The average molecular weight is 386 g/mol. The summed E-state index contributed by atoms with van der Waals surface area (Å²) in [6.45, 7) is 1.43. The van der Waals surface area contributed by atoms with Crippen LogP contribution in [0, 0.1) is 0 Å². The molecule has 1 amide bonds. The first-order valence-corrected chi connectivity index (χ1v) is 10.1. The van der Waals surface area contributed by atoms with E-state index in [0.717, 1.165) is 12.8 Å². The maximum Gasteiger partial charge on any atom is 0.276 e. The van der Waals surface area contributed by atoms with E-state index in [1.54, 1.807) is 29.3 Å². The number of amides is 1. The smallest absolute Gasteiger partial charge is 0.276 e. The van der Waals surface area contributed by atoms with Crippen LogP contribution in [0.25, 0.3) is 11.0 Å². The molecule has 27 heavy (non-hydrogen) atoms. The van der Waals surface area contributed by atoms with Gasteiger partial charge in [0.15, 0.2) is 11.3 Å². The van der Waals surface area contributed by atoms with E-state index in [1.165, 1.54) is 18.2 Å². The minimum Gasteiger partial charge on any atom is -0.355 e. The van der Waals surface area contributed by atoms with Crippen molar-refractivity contribution in [3.05, 3.63) is 54.0 Å². The van der Waals surface area contributed by atoms with Crippen LogP contribution >= 0.6 is 0 Å². The van der Waals surface area contributed by atoms with Gasteiger partial charge in [0.2, 0.25) is 10.0 Å². The van der Waals surface area contributed by atoms with Crippen molar-refractivity contribution in [1.82, 2.24) is 19.8 Å². The van der Waals surface area contributed by atoms with Gasteiger partial charge in [0, 0.05) is 19.3 Å². The molecule has 1 saturated heterocycles. The Morgan fingerprint density at radius 2 is 2.00 bits per heavy atom. The molecule has 0 spiro atoms. The third-order valence-corrected chi connectivity index (χ3v) is 5.92. The second kappa shape index (κ2) is 7.09. The zero-order chi connectivity index (χ0) is 18.9. The Morgan fingerprint density at radius 3 is 2.74 bits per heavy atom. The second-order valence-electron chi connectivity index (χ2n) is 6.33.